The van der Waals surface area contributed by atoms with Gasteiger partial charge < -0.3 is 15.0 Å². The SMILES string of the molecule is COCCCN(CCC(=O)Nc1cc(C)cc(C)c1)C(C)=O. The van der Waals surface area contributed by atoms with Crippen molar-refractivity contribution in [2.75, 3.05) is 32.1 Å². The van der Waals surface area contributed by atoms with E-state index < -0.39 is 0 Å². The molecule has 0 saturated heterocycles. The molecule has 0 saturated carbocycles. The number of nitrogens with zero attached hydrogens (tertiary/aromatic N) is 1. The van der Waals surface area contributed by atoms with E-state index in [4.69, 9.17) is 4.74 Å². The van der Waals surface area contributed by atoms with Crippen LogP contribution in [0.3, 0.4) is 0 Å². The lowest BCUT2D eigenvalue weighted by Crippen LogP contribution is -2.33. The van der Waals surface area contributed by atoms with E-state index in [9.17, 15) is 9.59 Å². The standard InChI is InChI=1S/C17H26N2O3/c1-13-10-14(2)12-16(11-13)18-17(21)6-8-19(15(3)20)7-5-9-22-4/h10-12H,5-9H2,1-4H3,(H,18,21). The minimum Gasteiger partial charge on any atom is -0.385 e. The molecule has 0 aliphatic carbocycles. The van der Waals surface area contributed by atoms with E-state index in [0.29, 0.717) is 26.1 Å². The van der Waals surface area contributed by atoms with E-state index in [0.717, 1.165) is 23.2 Å². The van der Waals surface area contributed by atoms with Crippen LogP contribution in [0.15, 0.2) is 18.2 Å². The number of ether oxygens (including phenoxy) is 1. The molecule has 0 bridgehead atoms. The molecular weight excluding hydrogens is 280 g/mol. The maximum absolute atomic E-state index is 12.0. The minimum absolute atomic E-state index is 0.0182. The largest absolute Gasteiger partial charge is 0.385 e. The highest BCUT2D eigenvalue weighted by molar-refractivity contribution is 5.91. The summed E-state index contributed by atoms with van der Waals surface area (Å²) >= 11 is 0. The van der Waals surface area contributed by atoms with Gasteiger partial charge in [0.1, 0.15) is 0 Å². The summed E-state index contributed by atoms with van der Waals surface area (Å²) in [6.45, 7) is 7.16. The Morgan fingerprint density at radius 1 is 1.14 bits per heavy atom. The Bertz CT molecular complexity index is 494. The summed E-state index contributed by atoms with van der Waals surface area (Å²) in [4.78, 5) is 25.3. The van der Waals surface area contributed by atoms with Gasteiger partial charge in [0, 0.05) is 45.8 Å². The Morgan fingerprint density at radius 3 is 2.32 bits per heavy atom. The van der Waals surface area contributed by atoms with Crippen molar-refractivity contribution in [1.29, 1.82) is 0 Å². The van der Waals surface area contributed by atoms with Gasteiger partial charge in [0.2, 0.25) is 11.8 Å². The zero-order valence-electron chi connectivity index (χ0n) is 13.9. The molecule has 0 atom stereocenters. The van der Waals surface area contributed by atoms with Crippen LogP contribution in [0.5, 0.6) is 0 Å². The normalized spacial score (nSPS) is 10.4. The number of carbonyl (C=O) groups is 2. The Morgan fingerprint density at radius 2 is 1.77 bits per heavy atom. The molecule has 0 fully saturated rings. The maximum Gasteiger partial charge on any atom is 0.226 e. The number of rotatable bonds is 8. The van der Waals surface area contributed by atoms with Crippen LogP contribution in [0.4, 0.5) is 5.69 Å². The molecule has 1 aromatic rings. The van der Waals surface area contributed by atoms with Crippen LogP contribution in [0.1, 0.15) is 30.9 Å². The lowest BCUT2D eigenvalue weighted by atomic mass is 10.1. The Balaban J connectivity index is 2.47. The number of hydrogen-bond donors (Lipinski definition) is 1. The summed E-state index contributed by atoms with van der Waals surface area (Å²) in [5.74, 6) is -0.0988. The molecule has 0 aromatic heterocycles. The molecule has 0 aliphatic heterocycles. The molecule has 0 radical (unpaired) electrons. The topological polar surface area (TPSA) is 58.6 Å². The van der Waals surface area contributed by atoms with Crippen molar-refractivity contribution in [2.45, 2.75) is 33.6 Å². The van der Waals surface area contributed by atoms with Gasteiger partial charge in [-0.25, -0.2) is 0 Å². The smallest absolute Gasteiger partial charge is 0.226 e. The zero-order valence-corrected chi connectivity index (χ0v) is 13.9. The van der Waals surface area contributed by atoms with E-state index in [1.54, 1.807) is 12.0 Å². The zero-order chi connectivity index (χ0) is 16.5. The average Bonchev–Trinajstić information content (AvgIpc) is 2.41. The Labute approximate surface area is 132 Å². The first-order valence-corrected chi connectivity index (χ1v) is 7.55. The number of methoxy groups -OCH3 is 1. The van der Waals surface area contributed by atoms with Crippen molar-refractivity contribution in [3.8, 4) is 0 Å². The van der Waals surface area contributed by atoms with Crippen LogP contribution in [-0.4, -0.2) is 43.5 Å². The quantitative estimate of drug-likeness (QED) is 0.751. The van der Waals surface area contributed by atoms with Gasteiger partial charge >= 0.3 is 0 Å². The second-order valence-electron chi connectivity index (χ2n) is 5.53. The van der Waals surface area contributed by atoms with E-state index in [1.165, 1.54) is 6.92 Å². The molecule has 1 rings (SSSR count). The number of nitrogens with one attached hydrogen (secondary N) is 1. The van der Waals surface area contributed by atoms with Crippen LogP contribution in [0.2, 0.25) is 0 Å². The first kappa shape index (κ1) is 18.2. The second-order valence-corrected chi connectivity index (χ2v) is 5.53. The third-order valence-electron chi connectivity index (χ3n) is 3.34. The first-order valence-electron chi connectivity index (χ1n) is 7.55. The molecular formula is C17H26N2O3. The molecule has 5 heteroatoms. The first-order chi connectivity index (χ1) is 10.4. The maximum atomic E-state index is 12.0. The van der Waals surface area contributed by atoms with E-state index in [1.807, 2.05) is 26.0 Å². The van der Waals surface area contributed by atoms with Gasteiger partial charge in [-0.05, 0) is 43.5 Å². The van der Waals surface area contributed by atoms with Gasteiger partial charge in [0.05, 0.1) is 0 Å². The van der Waals surface area contributed by atoms with Crippen molar-refractivity contribution in [3.05, 3.63) is 29.3 Å². The van der Waals surface area contributed by atoms with Gasteiger partial charge in [-0.1, -0.05) is 6.07 Å². The summed E-state index contributed by atoms with van der Waals surface area (Å²) in [5, 5.41) is 2.88. The van der Waals surface area contributed by atoms with Gasteiger partial charge in [0.25, 0.3) is 0 Å². The van der Waals surface area contributed by atoms with Crippen LogP contribution < -0.4 is 5.32 Å². The fourth-order valence-corrected chi connectivity index (χ4v) is 2.33. The predicted molar refractivity (Wildman–Crippen MR) is 87.9 cm³/mol. The fourth-order valence-electron chi connectivity index (χ4n) is 2.33. The van der Waals surface area contributed by atoms with Crippen LogP contribution in [-0.2, 0) is 14.3 Å². The van der Waals surface area contributed by atoms with Gasteiger partial charge in [-0.2, -0.15) is 0 Å². The van der Waals surface area contributed by atoms with Crippen molar-refractivity contribution in [1.82, 2.24) is 4.90 Å². The summed E-state index contributed by atoms with van der Waals surface area (Å²) in [6.07, 6.45) is 1.06. The van der Waals surface area contributed by atoms with Gasteiger partial charge in [0.15, 0.2) is 0 Å². The summed E-state index contributed by atoms with van der Waals surface area (Å²) in [7, 11) is 1.63. The molecule has 0 spiro atoms. The van der Waals surface area contributed by atoms with Crippen LogP contribution >= 0.6 is 0 Å². The molecule has 0 unspecified atom stereocenters. The molecule has 5 nitrogen and oxygen atoms in total. The molecule has 2 amide bonds. The van der Waals surface area contributed by atoms with Gasteiger partial charge in [-0.15, -0.1) is 0 Å². The number of hydrogen-bond acceptors (Lipinski definition) is 3. The fraction of sp³-hybridized carbons (Fsp3) is 0.529. The summed E-state index contributed by atoms with van der Waals surface area (Å²) < 4.78 is 4.98. The molecule has 0 aliphatic rings. The minimum atomic E-state index is -0.0806. The third-order valence-corrected chi connectivity index (χ3v) is 3.34. The number of amides is 2. The highest BCUT2D eigenvalue weighted by Gasteiger charge is 2.11. The van der Waals surface area contributed by atoms with Gasteiger partial charge in [-0.3, -0.25) is 9.59 Å². The van der Waals surface area contributed by atoms with Crippen molar-refractivity contribution in [3.63, 3.8) is 0 Å². The van der Waals surface area contributed by atoms with E-state index >= 15 is 0 Å². The average molecular weight is 306 g/mol. The predicted octanol–water partition coefficient (Wildman–Crippen LogP) is 2.52. The Kier molecular flexibility index (Phi) is 7.60. The number of anilines is 1. The summed E-state index contributed by atoms with van der Waals surface area (Å²) in [6, 6.07) is 5.93. The molecule has 1 N–H and O–H groups in total. The highest BCUT2D eigenvalue weighted by atomic mass is 16.5. The van der Waals surface area contributed by atoms with Crippen LogP contribution in [0.25, 0.3) is 0 Å². The monoisotopic (exact) mass is 306 g/mol. The van der Waals surface area contributed by atoms with Crippen LogP contribution in [0, 0.1) is 13.8 Å². The van der Waals surface area contributed by atoms with E-state index in [2.05, 4.69) is 11.4 Å². The number of benzene rings is 1. The molecule has 0 heterocycles. The highest BCUT2D eigenvalue weighted by Crippen LogP contribution is 2.14. The Hall–Kier alpha value is -1.88. The number of carbonyl (C=O) groups excluding carboxylic acids is 2. The van der Waals surface area contributed by atoms with E-state index in [-0.39, 0.29) is 11.8 Å². The second kappa shape index (κ2) is 9.20. The van der Waals surface area contributed by atoms with Crippen molar-refractivity contribution >= 4 is 17.5 Å². The lowest BCUT2D eigenvalue weighted by Gasteiger charge is -2.20. The molecule has 122 valence electrons. The molecule has 22 heavy (non-hydrogen) atoms. The summed E-state index contributed by atoms with van der Waals surface area (Å²) in [5.41, 5.74) is 3.02. The van der Waals surface area contributed by atoms with Crippen molar-refractivity contribution < 1.29 is 14.3 Å². The van der Waals surface area contributed by atoms with Crippen molar-refractivity contribution in [2.24, 2.45) is 0 Å². The lowest BCUT2D eigenvalue weighted by molar-refractivity contribution is -0.129. The molecule has 1 aromatic carbocycles. The third kappa shape index (κ3) is 6.72. The number of aryl methyl sites for hydroxylation is 2.